The molecule has 0 spiro atoms. The Bertz CT molecular complexity index is 1150. The van der Waals surface area contributed by atoms with Gasteiger partial charge in [0.2, 0.25) is 0 Å². The van der Waals surface area contributed by atoms with Gasteiger partial charge in [-0.3, -0.25) is 9.59 Å². The van der Waals surface area contributed by atoms with Gasteiger partial charge in [0.25, 0.3) is 5.91 Å². The molecule has 0 saturated carbocycles. The van der Waals surface area contributed by atoms with E-state index >= 15 is 0 Å². The molecule has 212 valence electrons. The number of likely N-dealkylation sites (tertiary alicyclic amines) is 1. The number of rotatable bonds is 14. The third kappa shape index (κ3) is 8.17. The minimum atomic E-state index is -1.36. The van der Waals surface area contributed by atoms with Gasteiger partial charge in [-0.25, -0.2) is 13.6 Å². The first-order valence-corrected chi connectivity index (χ1v) is 12.2. The zero-order valence-corrected chi connectivity index (χ0v) is 21.4. The van der Waals surface area contributed by atoms with Crippen LogP contribution < -0.4 is 15.8 Å². The summed E-state index contributed by atoms with van der Waals surface area (Å²) in [4.78, 5) is 37.9. The fourth-order valence-electron chi connectivity index (χ4n) is 3.85. The molecule has 4 N–H and O–H groups in total. The summed E-state index contributed by atoms with van der Waals surface area (Å²) in [5, 5.41) is 11.8. The van der Waals surface area contributed by atoms with E-state index in [2.05, 4.69) is 5.32 Å². The third-order valence-electron chi connectivity index (χ3n) is 5.93. The predicted molar refractivity (Wildman–Crippen MR) is 134 cm³/mol. The van der Waals surface area contributed by atoms with Gasteiger partial charge >= 0.3 is 6.09 Å². The van der Waals surface area contributed by atoms with Crippen molar-refractivity contribution < 1.29 is 47.2 Å². The van der Waals surface area contributed by atoms with Gasteiger partial charge in [0.15, 0.2) is 17.4 Å². The molecule has 0 unspecified atom stereocenters. The molecule has 0 radical (unpaired) electrons. The van der Waals surface area contributed by atoms with Crippen molar-refractivity contribution in [2.24, 2.45) is 5.73 Å². The highest BCUT2D eigenvalue weighted by Gasteiger charge is 2.34. The van der Waals surface area contributed by atoms with E-state index in [1.165, 1.54) is 24.3 Å². The Hall–Kier alpha value is -3.65. The Morgan fingerprint density at radius 1 is 0.949 bits per heavy atom. The smallest absolute Gasteiger partial charge is 0.407 e. The molecule has 0 aromatic heterocycles. The van der Waals surface area contributed by atoms with E-state index in [1.807, 2.05) is 0 Å². The minimum Gasteiger partial charge on any atom is -0.490 e. The van der Waals surface area contributed by atoms with E-state index < -0.39 is 47.1 Å². The van der Waals surface area contributed by atoms with Crippen molar-refractivity contribution in [1.29, 1.82) is 0 Å². The first kappa shape index (κ1) is 29.9. The molecular weight excluding hydrogens is 520 g/mol. The zero-order valence-electron chi connectivity index (χ0n) is 21.4. The van der Waals surface area contributed by atoms with Gasteiger partial charge in [0, 0.05) is 37.4 Å². The summed E-state index contributed by atoms with van der Waals surface area (Å²) in [5.74, 6) is -4.08. The van der Waals surface area contributed by atoms with Gasteiger partial charge < -0.3 is 40.0 Å². The number of nitrogens with one attached hydrogen (secondary N) is 1. The summed E-state index contributed by atoms with van der Waals surface area (Å²) in [7, 11) is 1.57. The zero-order chi connectivity index (χ0) is 28.4. The van der Waals surface area contributed by atoms with Crippen molar-refractivity contribution in [3.8, 4) is 5.75 Å². The fourth-order valence-corrected chi connectivity index (χ4v) is 3.85. The summed E-state index contributed by atoms with van der Waals surface area (Å²) in [5.41, 5.74) is 5.51. The maximum Gasteiger partial charge on any atom is 0.407 e. The van der Waals surface area contributed by atoms with Crippen molar-refractivity contribution >= 4 is 17.8 Å². The van der Waals surface area contributed by atoms with Crippen LogP contribution in [-0.4, -0.2) is 99.7 Å². The van der Waals surface area contributed by atoms with Gasteiger partial charge in [-0.2, -0.15) is 0 Å². The normalized spacial score (nSPS) is 16.8. The van der Waals surface area contributed by atoms with Crippen LogP contribution in [0.2, 0.25) is 0 Å². The van der Waals surface area contributed by atoms with E-state index in [0.717, 1.165) is 17.0 Å². The number of ketones is 1. The van der Waals surface area contributed by atoms with E-state index in [4.69, 9.17) is 29.8 Å². The average Bonchev–Trinajstić information content (AvgIpc) is 3.29. The minimum absolute atomic E-state index is 0.0000206. The second-order valence-corrected chi connectivity index (χ2v) is 8.64. The molecule has 2 aromatic carbocycles. The maximum absolute atomic E-state index is 14.7. The molecule has 0 aliphatic carbocycles. The van der Waals surface area contributed by atoms with Crippen molar-refractivity contribution in [3.05, 3.63) is 64.7 Å². The molecule has 2 atom stereocenters. The van der Waals surface area contributed by atoms with Crippen LogP contribution in [0.25, 0.3) is 0 Å². The van der Waals surface area contributed by atoms with Crippen LogP contribution in [0.3, 0.4) is 0 Å². The summed E-state index contributed by atoms with van der Waals surface area (Å²) >= 11 is 0. The number of carboxylic acid groups (broad SMARTS) is 1. The van der Waals surface area contributed by atoms with Gasteiger partial charge in [0.05, 0.1) is 39.1 Å². The number of hydrogen-bond donors (Lipinski definition) is 3. The van der Waals surface area contributed by atoms with E-state index in [-0.39, 0.29) is 43.2 Å². The number of methoxy groups -OCH3 is 1. The fraction of sp³-hybridized carbons (Fsp3) is 0.423. The first-order chi connectivity index (χ1) is 18.7. The van der Waals surface area contributed by atoms with E-state index in [9.17, 15) is 23.2 Å². The number of hydrogen-bond acceptors (Lipinski definition) is 8. The summed E-state index contributed by atoms with van der Waals surface area (Å²) in [6.45, 7) is 1.78. The lowest BCUT2D eigenvalue weighted by molar-refractivity contribution is 0.0179. The average molecular weight is 552 g/mol. The summed E-state index contributed by atoms with van der Waals surface area (Å²) < 4.78 is 49.6. The molecule has 39 heavy (non-hydrogen) atoms. The number of carbonyl (C=O) groups excluding carboxylic acids is 2. The van der Waals surface area contributed by atoms with Crippen LogP contribution in [0.5, 0.6) is 5.75 Å². The molecule has 11 nitrogen and oxygen atoms in total. The van der Waals surface area contributed by atoms with Crippen LogP contribution >= 0.6 is 0 Å². The van der Waals surface area contributed by atoms with Crippen molar-refractivity contribution in [2.45, 2.75) is 12.1 Å². The number of amides is 2. The standard InChI is InChI=1S/C26H31F2N3O8/c1-36-8-9-37-10-11-38-12-13-39-21-7-6-18(27)23(28)22(21)24(32)16-2-4-17(5-3-16)25(33)30-20-15-31(26(34)35)14-19(20)29/h2-7,19-20H,8-15,29H2,1H3,(H,30,33)(H,34,35)/t19-,20-/m1/s1. The molecule has 0 bridgehead atoms. The van der Waals surface area contributed by atoms with Crippen LogP contribution in [0, 0.1) is 11.6 Å². The van der Waals surface area contributed by atoms with Crippen molar-refractivity contribution in [1.82, 2.24) is 10.2 Å². The third-order valence-corrected chi connectivity index (χ3v) is 5.93. The number of nitrogens with two attached hydrogens (primary N) is 1. The lowest BCUT2D eigenvalue weighted by Crippen LogP contribution is -2.46. The molecule has 2 aromatic rings. The molecule has 1 heterocycles. The number of benzene rings is 2. The second kappa shape index (κ2) is 14.5. The quantitative estimate of drug-likeness (QED) is 0.235. The van der Waals surface area contributed by atoms with Crippen molar-refractivity contribution in [2.75, 3.05) is 59.8 Å². The molecule has 1 fully saturated rings. The molecule has 13 heteroatoms. The van der Waals surface area contributed by atoms with Gasteiger partial charge in [-0.1, -0.05) is 12.1 Å². The highest BCUT2D eigenvalue weighted by Crippen LogP contribution is 2.27. The van der Waals surface area contributed by atoms with E-state index in [1.54, 1.807) is 7.11 Å². The number of ether oxygens (including phenoxy) is 4. The predicted octanol–water partition coefficient (Wildman–Crippen LogP) is 1.67. The molecule has 3 rings (SSSR count). The number of carbonyl (C=O) groups is 3. The second-order valence-electron chi connectivity index (χ2n) is 8.64. The molecular formula is C26H31F2N3O8. The largest absolute Gasteiger partial charge is 0.490 e. The number of nitrogens with zero attached hydrogens (tertiary/aromatic N) is 1. The Morgan fingerprint density at radius 2 is 1.56 bits per heavy atom. The highest BCUT2D eigenvalue weighted by atomic mass is 19.2. The Kier molecular flexibility index (Phi) is 11.1. The van der Waals surface area contributed by atoms with Crippen molar-refractivity contribution in [3.63, 3.8) is 0 Å². The lowest BCUT2D eigenvalue weighted by atomic mass is 10.00. The van der Waals surface area contributed by atoms with Gasteiger partial charge in [-0.15, -0.1) is 0 Å². The first-order valence-electron chi connectivity index (χ1n) is 12.2. The molecule has 1 aliphatic rings. The maximum atomic E-state index is 14.7. The summed E-state index contributed by atoms with van der Waals surface area (Å²) in [6.07, 6.45) is -1.13. The van der Waals surface area contributed by atoms with Crippen LogP contribution in [-0.2, 0) is 14.2 Å². The van der Waals surface area contributed by atoms with Gasteiger partial charge in [-0.05, 0) is 24.3 Å². The Labute approximate surface area is 223 Å². The number of halogens is 2. The lowest BCUT2D eigenvalue weighted by Gasteiger charge is -2.16. The summed E-state index contributed by atoms with van der Waals surface area (Å²) in [6, 6.07) is 6.16. The SMILES string of the molecule is COCCOCCOCCOc1ccc(F)c(F)c1C(=O)c1ccc(C(=O)N[C@@H]2CN(C(=O)O)C[C@H]2N)cc1. The van der Waals surface area contributed by atoms with Crippen LogP contribution in [0.4, 0.5) is 13.6 Å². The van der Waals surface area contributed by atoms with Crippen LogP contribution in [0.1, 0.15) is 26.3 Å². The molecule has 1 saturated heterocycles. The topological polar surface area (TPSA) is 150 Å². The molecule has 2 amide bonds. The van der Waals surface area contributed by atoms with E-state index in [0.29, 0.717) is 26.4 Å². The Balaban J connectivity index is 1.60. The molecule has 1 aliphatic heterocycles. The Morgan fingerprint density at radius 3 is 2.18 bits per heavy atom. The highest BCUT2D eigenvalue weighted by molar-refractivity contribution is 6.11. The monoisotopic (exact) mass is 551 g/mol. The van der Waals surface area contributed by atoms with Gasteiger partial charge in [0.1, 0.15) is 17.9 Å². The van der Waals surface area contributed by atoms with Crippen LogP contribution in [0.15, 0.2) is 36.4 Å².